The van der Waals surface area contributed by atoms with E-state index in [-0.39, 0.29) is 17.1 Å². The molecular formula is C17H20N2O3S. The molecule has 0 saturated carbocycles. The summed E-state index contributed by atoms with van der Waals surface area (Å²) in [6.07, 6.45) is 2.43. The van der Waals surface area contributed by atoms with Gasteiger partial charge in [0.05, 0.1) is 6.04 Å². The van der Waals surface area contributed by atoms with Gasteiger partial charge < -0.3 is 4.90 Å². The fourth-order valence-corrected chi connectivity index (χ4v) is 4.32. The van der Waals surface area contributed by atoms with E-state index >= 15 is 0 Å². The van der Waals surface area contributed by atoms with Crippen LogP contribution in [0, 0.1) is 0 Å². The number of carbonyl (C=O) groups is 3. The average Bonchev–Trinajstić information content (AvgIpc) is 3.04. The van der Waals surface area contributed by atoms with E-state index in [0.717, 1.165) is 30.8 Å². The summed E-state index contributed by atoms with van der Waals surface area (Å²) in [4.78, 5) is 35.9. The highest BCUT2D eigenvalue weighted by molar-refractivity contribution is 8.00. The van der Waals surface area contributed by atoms with Crippen molar-refractivity contribution in [1.29, 1.82) is 0 Å². The third-order valence-electron chi connectivity index (χ3n) is 4.45. The van der Waals surface area contributed by atoms with Crippen LogP contribution in [0.4, 0.5) is 5.69 Å². The Hall–Kier alpha value is -1.66. The standard InChI is InChI=1S/C17H20N2O3S/c20-10-15(22)17-16(23-11-18-17)9-12-1-3-13(4-2-12)19-7-5-14(21)6-8-19/h1-4,10,16-18H,5-9,11H2. The van der Waals surface area contributed by atoms with E-state index in [9.17, 15) is 14.4 Å². The highest BCUT2D eigenvalue weighted by Gasteiger charge is 2.32. The molecule has 0 amide bonds. The molecule has 2 aliphatic rings. The Kier molecular flexibility index (Phi) is 5.13. The summed E-state index contributed by atoms with van der Waals surface area (Å²) in [6.45, 7) is 1.58. The molecule has 23 heavy (non-hydrogen) atoms. The number of benzene rings is 1. The lowest BCUT2D eigenvalue weighted by molar-refractivity contribution is -0.131. The van der Waals surface area contributed by atoms with Gasteiger partial charge in [0.2, 0.25) is 5.78 Å². The van der Waals surface area contributed by atoms with Crippen molar-refractivity contribution < 1.29 is 14.4 Å². The summed E-state index contributed by atoms with van der Waals surface area (Å²) in [5, 5.41) is 3.19. The van der Waals surface area contributed by atoms with Crippen LogP contribution in [-0.4, -0.2) is 48.1 Å². The van der Waals surface area contributed by atoms with Crippen LogP contribution in [0.1, 0.15) is 18.4 Å². The summed E-state index contributed by atoms with van der Waals surface area (Å²) in [6, 6.07) is 7.94. The molecule has 5 nitrogen and oxygen atoms in total. The Labute approximate surface area is 139 Å². The molecule has 2 aliphatic heterocycles. The van der Waals surface area contributed by atoms with Crippen LogP contribution in [0.5, 0.6) is 0 Å². The topological polar surface area (TPSA) is 66.5 Å². The molecule has 0 radical (unpaired) electrons. The van der Waals surface area contributed by atoms with Gasteiger partial charge in [0.1, 0.15) is 5.78 Å². The molecule has 2 atom stereocenters. The number of hydrogen-bond acceptors (Lipinski definition) is 6. The molecule has 1 aromatic rings. The maximum Gasteiger partial charge on any atom is 0.213 e. The number of hydrogen-bond donors (Lipinski definition) is 1. The van der Waals surface area contributed by atoms with Crippen molar-refractivity contribution in [1.82, 2.24) is 5.32 Å². The van der Waals surface area contributed by atoms with E-state index in [2.05, 4.69) is 34.5 Å². The average molecular weight is 332 g/mol. The van der Waals surface area contributed by atoms with Gasteiger partial charge >= 0.3 is 0 Å². The van der Waals surface area contributed by atoms with Crippen LogP contribution in [0.25, 0.3) is 0 Å². The second-order valence-corrected chi connectivity index (χ2v) is 7.18. The SMILES string of the molecule is O=CC(=O)C1NCSC1Cc1ccc(N2CCC(=O)CC2)cc1. The van der Waals surface area contributed by atoms with E-state index in [4.69, 9.17) is 0 Å². The lowest BCUT2D eigenvalue weighted by Crippen LogP contribution is -2.39. The molecular weight excluding hydrogens is 312 g/mol. The van der Waals surface area contributed by atoms with Gasteiger partial charge in [-0.05, 0) is 24.1 Å². The van der Waals surface area contributed by atoms with Crippen LogP contribution < -0.4 is 10.2 Å². The predicted octanol–water partition coefficient (Wildman–Crippen LogP) is 1.20. The summed E-state index contributed by atoms with van der Waals surface area (Å²) in [5.41, 5.74) is 2.30. The van der Waals surface area contributed by atoms with Crippen molar-refractivity contribution in [2.45, 2.75) is 30.6 Å². The monoisotopic (exact) mass is 332 g/mol. The van der Waals surface area contributed by atoms with Crippen LogP contribution in [0.3, 0.4) is 0 Å². The summed E-state index contributed by atoms with van der Waals surface area (Å²) >= 11 is 1.68. The highest BCUT2D eigenvalue weighted by atomic mass is 32.2. The quantitative estimate of drug-likeness (QED) is 0.645. The van der Waals surface area contributed by atoms with Crippen LogP contribution in [-0.2, 0) is 20.8 Å². The number of rotatable bonds is 5. The molecule has 0 bridgehead atoms. The minimum atomic E-state index is -0.370. The lowest BCUT2D eigenvalue weighted by Gasteiger charge is -2.28. The Morgan fingerprint density at radius 1 is 1.26 bits per heavy atom. The van der Waals surface area contributed by atoms with Crippen molar-refractivity contribution >= 4 is 35.3 Å². The van der Waals surface area contributed by atoms with Gasteiger partial charge in [-0.3, -0.25) is 19.7 Å². The molecule has 1 aromatic carbocycles. The van der Waals surface area contributed by atoms with E-state index in [1.807, 2.05) is 0 Å². The minimum absolute atomic E-state index is 0.103. The number of thioether (sulfide) groups is 1. The number of carbonyl (C=O) groups excluding carboxylic acids is 3. The summed E-state index contributed by atoms with van der Waals surface area (Å²) < 4.78 is 0. The Morgan fingerprint density at radius 3 is 2.61 bits per heavy atom. The Morgan fingerprint density at radius 2 is 1.96 bits per heavy atom. The predicted molar refractivity (Wildman–Crippen MR) is 90.8 cm³/mol. The normalized spacial score (nSPS) is 24.7. The fraction of sp³-hybridized carbons (Fsp3) is 0.471. The number of Topliss-reactive ketones (excluding diaryl/α,β-unsaturated/α-hetero) is 2. The third kappa shape index (κ3) is 3.82. The van der Waals surface area contributed by atoms with E-state index in [1.54, 1.807) is 11.8 Å². The summed E-state index contributed by atoms with van der Waals surface area (Å²) in [5.74, 6) is 0.679. The maximum atomic E-state index is 11.6. The largest absolute Gasteiger partial charge is 0.371 e. The Balaban J connectivity index is 1.62. The van der Waals surface area contributed by atoms with Gasteiger partial charge in [-0.25, -0.2) is 0 Å². The first-order valence-electron chi connectivity index (χ1n) is 7.87. The molecule has 2 saturated heterocycles. The van der Waals surface area contributed by atoms with E-state index < -0.39 is 0 Å². The molecule has 2 unspecified atom stereocenters. The van der Waals surface area contributed by atoms with Gasteiger partial charge in [0.25, 0.3) is 0 Å². The summed E-state index contributed by atoms with van der Waals surface area (Å²) in [7, 11) is 0. The van der Waals surface area contributed by atoms with Gasteiger partial charge in [0, 0.05) is 42.7 Å². The molecule has 3 rings (SSSR count). The molecule has 2 heterocycles. The highest BCUT2D eigenvalue weighted by Crippen LogP contribution is 2.26. The molecule has 2 fully saturated rings. The van der Waals surface area contributed by atoms with Crippen molar-refractivity contribution in [3.05, 3.63) is 29.8 Å². The number of ketones is 2. The first-order chi connectivity index (χ1) is 11.2. The van der Waals surface area contributed by atoms with Crippen molar-refractivity contribution in [2.75, 3.05) is 23.9 Å². The number of nitrogens with zero attached hydrogens (tertiary/aromatic N) is 1. The molecule has 0 aromatic heterocycles. The number of piperidine rings is 1. The number of aldehydes is 1. The van der Waals surface area contributed by atoms with E-state index in [0.29, 0.717) is 30.8 Å². The van der Waals surface area contributed by atoms with Crippen molar-refractivity contribution in [3.63, 3.8) is 0 Å². The molecule has 1 N–H and O–H groups in total. The molecule has 6 heteroatoms. The zero-order valence-electron chi connectivity index (χ0n) is 12.9. The van der Waals surface area contributed by atoms with Crippen LogP contribution in [0.15, 0.2) is 24.3 Å². The first kappa shape index (κ1) is 16.2. The fourth-order valence-electron chi connectivity index (χ4n) is 3.10. The van der Waals surface area contributed by atoms with Gasteiger partial charge in [-0.15, -0.1) is 11.8 Å². The van der Waals surface area contributed by atoms with Gasteiger partial charge in [0.15, 0.2) is 6.29 Å². The molecule has 0 aliphatic carbocycles. The first-order valence-corrected chi connectivity index (χ1v) is 8.92. The molecule has 122 valence electrons. The van der Waals surface area contributed by atoms with E-state index in [1.165, 1.54) is 0 Å². The Bertz CT molecular complexity index is 592. The van der Waals surface area contributed by atoms with Crippen molar-refractivity contribution in [2.24, 2.45) is 0 Å². The molecule has 0 spiro atoms. The van der Waals surface area contributed by atoms with Crippen LogP contribution >= 0.6 is 11.8 Å². The smallest absolute Gasteiger partial charge is 0.213 e. The number of anilines is 1. The minimum Gasteiger partial charge on any atom is -0.371 e. The zero-order valence-corrected chi connectivity index (χ0v) is 13.7. The van der Waals surface area contributed by atoms with Gasteiger partial charge in [-0.1, -0.05) is 12.1 Å². The second-order valence-electron chi connectivity index (χ2n) is 5.95. The zero-order chi connectivity index (χ0) is 16.2. The second kappa shape index (κ2) is 7.27. The van der Waals surface area contributed by atoms with Crippen molar-refractivity contribution in [3.8, 4) is 0 Å². The van der Waals surface area contributed by atoms with Crippen LogP contribution in [0.2, 0.25) is 0 Å². The third-order valence-corrected chi connectivity index (χ3v) is 5.65. The lowest BCUT2D eigenvalue weighted by atomic mass is 10.0. The van der Waals surface area contributed by atoms with Gasteiger partial charge in [-0.2, -0.15) is 0 Å². The maximum absolute atomic E-state index is 11.6. The number of nitrogens with one attached hydrogen (secondary N) is 1.